The zero-order valence-corrected chi connectivity index (χ0v) is 13.9. The lowest BCUT2D eigenvalue weighted by Crippen LogP contribution is -2.32. The van der Waals surface area contributed by atoms with Gasteiger partial charge in [-0.2, -0.15) is 5.26 Å². The molecule has 0 fully saturated rings. The summed E-state index contributed by atoms with van der Waals surface area (Å²) in [5.74, 6) is 1.43. The molecule has 2 aliphatic rings. The number of nitriles is 1. The zero-order chi connectivity index (χ0) is 16.8. The molecule has 122 valence electrons. The first kappa shape index (κ1) is 17.1. The van der Waals surface area contributed by atoms with Crippen molar-refractivity contribution in [2.45, 2.75) is 46.0 Å². The summed E-state index contributed by atoms with van der Waals surface area (Å²) in [4.78, 5) is 16.2. The van der Waals surface area contributed by atoms with Gasteiger partial charge in [0, 0.05) is 18.9 Å². The fourth-order valence-electron chi connectivity index (χ4n) is 3.11. The number of amidine groups is 2. The van der Waals surface area contributed by atoms with Crippen molar-refractivity contribution in [3.8, 4) is 6.07 Å². The maximum Gasteiger partial charge on any atom is 0.173 e. The molecule has 5 nitrogen and oxygen atoms in total. The third-order valence-corrected chi connectivity index (χ3v) is 4.36. The molecule has 0 radical (unpaired) electrons. The second-order valence-corrected chi connectivity index (χ2v) is 6.21. The van der Waals surface area contributed by atoms with E-state index >= 15 is 0 Å². The van der Waals surface area contributed by atoms with Gasteiger partial charge in [0.15, 0.2) is 5.78 Å². The van der Waals surface area contributed by atoms with Crippen LogP contribution in [0.2, 0.25) is 0 Å². The van der Waals surface area contributed by atoms with Crippen LogP contribution in [0, 0.1) is 28.6 Å². The van der Waals surface area contributed by atoms with Crippen LogP contribution in [0.5, 0.6) is 0 Å². The molecule has 0 aromatic carbocycles. The highest BCUT2D eigenvalue weighted by atomic mass is 16.1. The number of hydrogen-bond acceptors (Lipinski definition) is 3. The van der Waals surface area contributed by atoms with Gasteiger partial charge in [-0.3, -0.25) is 10.2 Å². The molecule has 2 atom stereocenters. The summed E-state index contributed by atoms with van der Waals surface area (Å²) in [7, 11) is 0. The Labute approximate surface area is 137 Å². The Morgan fingerprint density at radius 3 is 2.96 bits per heavy atom. The van der Waals surface area contributed by atoms with E-state index in [-0.39, 0.29) is 23.1 Å². The molecule has 0 aliphatic heterocycles. The zero-order valence-electron chi connectivity index (χ0n) is 13.9. The number of rotatable bonds is 4. The molecule has 23 heavy (non-hydrogen) atoms. The van der Waals surface area contributed by atoms with Crippen LogP contribution < -0.4 is 5.32 Å². The Balaban J connectivity index is 2.24. The van der Waals surface area contributed by atoms with Crippen LogP contribution in [0.4, 0.5) is 0 Å². The fraction of sp³-hybridized carbons (Fsp3) is 0.556. The average molecular weight is 312 g/mol. The number of nitrogens with zero attached hydrogens (tertiary/aromatic N) is 2. The molecule has 2 aliphatic carbocycles. The van der Waals surface area contributed by atoms with Crippen LogP contribution in [0.3, 0.4) is 0 Å². The molecule has 0 saturated carbocycles. The lowest BCUT2D eigenvalue weighted by Gasteiger charge is -2.31. The largest absolute Gasteiger partial charge is 0.370 e. The summed E-state index contributed by atoms with van der Waals surface area (Å²) >= 11 is 0. The van der Waals surface area contributed by atoms with Gasteiger partial charge < -0.3 is 5.32 Å². The number of allylic oxidation sites excluding steroid dienone is 3. The summed E-state index contributed by atoms with van der Waals surface area (Å²) in [6.45, 7) is 4.64. The number of unbranched alkanes of at least 4 members (excludes halogenated alkanes) is 1. The van der Waals surface area contributed by atoms with Crippen LogP contribution >= 0.6 is 0 Å². The monoisotopic (exact) mass is 312 g/mol. The Hall–Kier alpha value is -2.22. The first-order chi connectivity index (χ1) is 11.0. The van der Waals surface area contributed by atoms with Crippen molar-refractivity contribution in [2.75, 3.05) is 6.54 Å². The lowest BCUT2D eigenvalue weighted by atomic mass is 9.73. The van der Waals surface area contributed by atoms with E-state index in [2.05, 4.69) is 23.3 Å². The van der Waals surface area contributed by atoms with Gasteiger partial charge in [0.25, 0.3) is 0 Å². The quantitative estimate of drug-likeness (QED) is 0.475. The smallest absolute Gasteiger partial charge is 0.173 e. The molecule has 2 unspecified atom stereocenters. The van der Waals surface area contributed by atoms with Gasteiger partial charge in [-0.25, -0.2) is 4.99 Å². The summed E-state index contributed by atoms with van der Waals surface area (Å²) in [5, 5.41) is 20.0. The molecule has 2 rings (SSSR count). The van der Waals surface area contributed by atoms with Gasteiger partial charge in [-0.1, -0.05) is 25.5 Å². The second kappa shape index (κ2) is 7.87. The van der Waals surface area contributed by atoms with E-state index in [4.69, 9.17) is 10.7 Å². The molecule has 0 amide bonds. The standard InChI is InChI=1S/C18H24N4O/c1-3-4-7-21-18(22-12(2)20)14-6-5-13-10-17(23)16(11-19)9-15(13)8-14/h8-9,13,15H,3-7,10H2,1-2H3,(H2,20,21,22). The number of Topliss-reactive ketones (excluding diaryl/α,β-unsaturated/α-hetero) is 1. The number of aliphatic imine (C=N–C) groups is 1. The van der Waals surface area contributed by atoms with E-state index in [1.807, 2.05) is 6.07 Å². The molecule has 0 bridgehead atoms. The van der Waals surface area contributed by atoms with Gasteiger partial charge in [0.05, 0.1) is 5.57 Å². The third kappa shape index (κ3) is 4.38. The molecule has 5 heteroatoms. The van der Waals surface area contributed by atoms with Crippen molar-refractivity contribution in [3.05, 3.63) is 23.3 Å². The van der Waals surface area contributed by atoms with E-state index < -0.39 is 0 Å². The van der Waals surface area contributed by atoms with Gasteiger partial charge >= 0.3 is 0 Å². The minimum atomic E-state index is -0.0316. The molecular formula is C18H24N4O. The highest BCUT2D eigenvalue weighted by molar-refractivity contribution is 6.05. The first-order valence-electron chi connectivity index (χ1n) is 8.29. The minimum absolute atomic E-state index is 0.0316. The molecule has 2 N–H and O–H groups in total. The van der Waals surface area contributed by atoms with Crippen LogP contribution in [-0.2, 0) is 4.79 Å². The van der Waals surface area contributed by atoms with Gasteiger partial charge in [0.2, 0.25) is 0 Å². The Kier molecular flexibility index (Phi) is 5.86. The number of carbonyl (C=O) groups excluding carboxylic acids is 1. The van der Waals surface area contributed by atoms with E-state index in [0.29, 0.717) is 12.3 Å². The molecule has 0 aromatic rings. The second-order valence-electron chi connectivity index (χ2n) is 6.21. The highest BCUT2D eigenvalue weighted by Crippen LogP contribution is 2.36. The lowest BCUT2D eigenvalue weighted by molar-refractivity contribution is -0.116. The van der Waals surface area contributed by atoms with Crippen molar-refractivity contribution in [1.29, 1.82) is 10.7 Å². The van der Waals surface area contributed by atoms with E-state index in [0.717, 1.165) is 43.6 Å². The SMILES string of the molecule is CCCCN/C(=N/C(C)=N)C1=CC2C=C(C#N)C(=O)CC2CC1. The third-order valence-electron chi connectivity index (χ3n) is 4.36. The minimum Gasteiger partial charge on any atom is -0.370 e. The fourth-order valence-corrected chi connectivity index (χ4v) is 3.11. The number of ketones is 1. The number of nitrogens with one attached hydrogen (secondary N) is 2. The van der Waals surface area contributed by atoms with Crippen molar-refractivity contribution in [1.82, 2.24) is 5.32 Å². The van der Waals surface area contributed by atoms with Gasteiger partial charge in [-0.15, -0.1) is 0 Å². The summed E-state index contributed by atoms with van der Waals surface area (Å²) in [6, 6.07) is 2.01. The topological polar surface area (TPSA) is 89.1 Å². The normalized spacial score (nSPS) is 24.2. The van der Waals surface area contributed by atoms with Crippen molar-refractivity contribution >= 4 is 17.5 Å². The number of fused-ring (bicyclic) bond motifs is 1. The summed E-state index contributed by atoms with van der Waals surface area (Å²) in [5.41, 5.74) is 1.38. The van der Waals surface area contributed by atoms with Gasteiger partial charge in [0.1, 0.15) is 17.7 Å². The molecular weight excluding hydrogens is 288 g/mol. The maximum absolute atomic E-state index is 11.8. The predicted molar refractivity (Wildman–Crippen MR) is 91.4 cm³/mol. The number of carbonyl (C=O) groups is 1. The summed E-state index contributed by atoms with van der Waals surface area (Å²) in [6.07, 6.45) is 8.33. The first-order valence-corrected chi connectivity index (χ1v) is 8.29. The predicted octanol–water partition coefficient (Wildman–Crippen LogP) is 3.15. The molecule has 0 saturated heterocycles. The van der Waals surface area contributed by atoms with Crippen molar-refractivity contribution in [3.63, 3.8) is 0 Å². The molecule has 0 heterocycles. The van der Waals surface area contributed by atoms with Gasteiger partial charge in [-0.05, 0) is 37.7 Å². The number of hydrogen-bond donors (Lipinski definition) is 2. The highest BCUT2D eigenvalue weighted by Gasteiger charge is 2.32. The Morgan fingerprint density at radius 2 is 2.30 bits per heavy atom. The molecule has 0 aromatic heterocycles. The van der Waals surface area contributed by atoms with E-state index in [1.54, 1.807) is 13.0 Å². The van der Waals surface area contributed by atoms with Crippen LogP contribution in [-0.4, -0.2) is 24.0 Å². The maximum atomic E-state index is 11.8. The molecule has 0 spiro atoms. The van der Waals surface area contributed by atoms with Crippen molar-refractivity contribution < 1.29 is 4.79 Å². The summed E-state index contributed by atoms with van der Waals surface area (Å²) < 4.78 is 0. The van der Waals surface area contributed by atoms with E-state index in [9.17, 15) is 4.79 Å². The van der Waals surface area contributed by atoms with E-state index in [1.165, 1.54) is 0 Å². The van der Waals surface area contributed by atoms with Crippen molar-refractivity contribution in [2.24, 2.45) is 16.8 Å². The Bertz CT molecular complexity index is 621. The average Bonchev–Trinajstić information content (AvgIpc) is 2.52. The van der Waals surface area contributed by atoms with Crippen LogP contribution in [0.1, 0.15) is 46.0 Å². The van der Waals surface area contributed by atoms with Crippen LogP contribution in [0.15, 0.2) is 28.3 Å². The van der Waals surface area contributed by atoms with Crippen LogP contribution in [0.25, 0.3) is 0 Å². The Morgan fingerprint density at radius 1 is 1.52 bits per heavy atom.